The van der Waals surface area contributed by atoms with Crippen LogP contribution in [0.4, 0.5) is 22.7 Å². The van der Waals surface area contributed by atoms with Gasteiger partial charge < -0.3 is 23.7 Å². The molecule has 0 aliphatic carbocycles. The molecule has 4 aromatic carbocycles. The van der Waals surface area contributed by atoms with Gasteiger partial charge in [0.25, 0.3) is 5.56 Å². The second-order valence-corrected chi connectivity index (χ2v) is 14.0. The minimum absolute atomic E-state index is 0. The number of nitrogens with one attached hydrogen (secondary N) is 1. The van der Waals surface area contributed by atoms with Gasteiger partial charge in [-0.2, -0.15) is 5.11 Å². The summed E-state index contributed by atoms with van der Waals surface area (Å²) in [5, 5.41) is 26.1. The summed E-state index contributed by atoms with van der Waals surface area (Å²) in [6.07, 6.45) is 1.40. The van der Waals surface area contributed by atoms with Crippen LogP contribution in [0.3, 0.4) is 0 Å². The van der Waals surface area contributed by atoms with Crippen LogP contribution in [0.1, 0.15) is 0 Å². The minimum atomic E-state index is -5.16. The topological polar surface area (TPSA) is 287 Å². The van der Waals surface area contributed by atoms with Gasteiger partial charge in [0, 0.05) is 27.7 Å². The van der Waals surface area contributed by atoms with Crippen LogP contribution >= 0.6 is 0 Å². The zero-order chi connectivity index (χ0) is 34.6. The number of azo groups is 2. The molecule has 23 heteroatoms. The molecule has 0 saturated carbocycles. The Hall–Kier alpha value is -3.72. The first-order valence-electron chi connectivity index (χ1n) is 13.1. The number of fused-ring (bicyclic) bond motifs is 3. The van der Waals surface area contributed by atoms with E-state index in [0.717, 1.165) is 42.5 Å². The van der Waals surface area contributed by atoms with Gasteiger partial charge in [-0.15, -0.1) is 15.3 Å². The molecule has 0 spiro atoms. The number of pyridine rings is 2. The summed E-state index contributed by atoms with van der Waals surface area (Å²) in [4.78, 5) is 17.1. The summed E-state index contributed by atoms with van der Waals surface area (Å²) in [7, 11) is -15.1. The number of aromatic amines is 1. The Morgan fingerprint density at radius 3 is 1.94 bits per heavy atom. The molecule has 2 heterocycles. The summed E-state index contributed by atoms with van der Waals surface area (Å²) in [5.74, 6) is -0.737. The van der Waals surface area contributed by atoms with Gasteiger partial charge in [-0.3, -0.25) is 9.78 Å². The van der Waals surface area contributed by atoms with Crippen LogP contribution in [0.15, 0.2) is 119 Å². The second-order valence-electron chi connectivity index (χ2n) is 9.92. The molecule has 0 fully saturated rings. The molecule has 51 heavy (non-hydrogen) atoms. The van der Waals surface area contributed by atoms with Gasteiger partial charge in [-0.1, -0.05) is 12.1 Å². The molecular weight excluding hydrogens is 713 g/mol. The predicted octanol–water partition coefficient (Wildman–Crippen LogP) is -4.51. The van der Waals surface area contributed by atoms with Crippen molar-refractivity contribution < 1.29 is 101 Å². The fourth-order valence-corrected chi connectivity index (χ4v) is 6.70. The number of nitrogens with zero attached hydrogens (tertiary/aromatic N) is 5. The largest absolute Gasteiger partial charge is 1.00 e. The Labute approximate surface area is 324 Å². The van der Waals surface area contributed by atoms with Crippen LogP contribution in [-0.4, -0.2) is 54.0 Å². The van der Waals surface area contributed by atoms with E-state index < -0.39 is 62.0 Å². The molecule has 17 nitrogen and oxygen atoms in total. The second kappa shape index (κ2) is 15.5. The van der Waals surface area contributed by atoms with Crippen molar-refractivity contribution in [2.75, 3.05) is 0 Å². The summed E-state index contributed by atoms with van der Waals surface area (Å²) in [6.45, 7) is 0. The predicted molar refractivity (Wildman–Crippen MR) is 164 cm³/mol. The molecule has 0 unspecified atom stereocenters. The zero-order valence-electron chi connectivity index (χ0n) is 26.5. The molecular formula is C28H15Li3N6O11S3. The average molecular weight is 728 g/mol. The van der Waals surface area contributed by atoms with Gasteiger partial charge in [0.2, 0.25) is 0 Å². The monoisotopic (exact) mass is 728 g/mol. The molecule has 0 bridgehead atoms. The van der Waals surface area contributed by atoms with Crippen LogP contribution in [0.25, 0.3) is 32.6 Å². The van der Waals surface area contributed by atoms with Gasteiger partial charge in [0.1, 0.15) is 36.0 Å². The molecule has 2 N–H and O–H groups in total. The minimum Gasteiger partial charge on any atom is -0.744 e. The fourth-order valence-electron chi connectivity index (χ4n) is 4.81. The molecule has 0 amide bonds. The standard InChI is InChI=1S/C28H18N6O11S3.3Li/c35-27-19-13-15(46(37,38)39)6-7-20(19)30-28(36)26(27)34-32-21-8-9-22(25-17(21)4-2-10-29-25)33-31-14-11-18-16(24(12-14)48(43,44)45)3-1-5-23(18)47(40,41)42;;;/h1-13H,(H2,30,35,36)(H,37,38,39)(H,40,41,42)(H,43,44,45);;;/q;3*+1/p-3. The molecule has 0 radical (unpaired) electrons. The van der Waals surface area contributed by atoms with Crippen molar-refractivity contribution in [2.24, 2.45) is 20.5 Å². The molecule has 0 saturated heterocycles. The number of rotatable bonds is 7. The SMILES string of the molecule is O=c1[nH]c2ccc(S(=O)(=O)[O-])cc2c(O)c1N=Nc1ccc(N=Nc2cc(S(=O)(=O)[O-])c3cccc(S(=O)(=O)[O-])c3c2)c2ncccc12.[Li+].[Li+].[Li+]. The third kappa shape index (κ3) is 8.51. The molecule has 0 aliphatic heterocycles. The smallest absolute Gasteiger partial charge is 0.744 e. The number of aromatic nitrogens is 2. The van der Waals surface area contributed by atoms with Crippen molar-refractivity contribution in [3.8, 4) is 5.75 Å². The number of hydrogen-bond donors (Lipinski definition) is 2. The van der Waals surface area contributed by atoms with Crippen LogP contribution in [0, 0.1) is 0 Å². The quantitative estimate of drug-likeness (QED) is 0.0894. The van der Waals surface area contributed by atoms with E-state index in [1.165, 1.54) is 30.5 Å². The van der Waals surface area contributed by atoms with Gasteiger partial charge in [0.05, 0.1) is 37.1 Å². The van der Waals surface area contributed by atoms with Crippen molar-refractivity contribution in [1.82, 2.24) is 9.97 Å². The van der Waals surface area contributed by atoms with E-state index >= 15 is 0 Å². The Balaban J connectivity index is 0.00000234. The van der Waals surface area contributed by atoms with E-state index in [0.29, 0.717) is 5.39 Å². The van der Waals surface area contributed by atoms with Gasteiger partial charge >= 0.3 is 56.6 Å². The Morgan fingerprint density at radius 1 is 0.627 bits per heavy atom. The summed E-state index contributed by atoms with van der Waals surface area (Å²) >= 11 is 0. The van der Waals surface area contributed by atoms with Crippen molar-refractivity contribution in [2.45, 2.75) is 14.7 Å². The first kappa shape index (κ1) is 41.7. The van der Waals surface area contributed by atoms with E-state index in [-0.39, 0.29) is 101 Å². The summed E-state index contributed by atoms with van der Waals surface area (Å²) in [6, 6.07) is 14.0. The molecule has 0 atom stereocenters. The van der Waals surface area contributed by atoms with E-state index in [1.54, 1.807) is 6.07 Å². The third-order valence-electron chi connectivity index (χ3n) is 6.92. The van der Waals surface area contributed by atoms with Crippen LogP contribution in [0.2, 0.25) is 0 Å². The maximum atomic E-state index is 12.6. The van der Waals surface area contributed by atoms with Crippen LogP contribution in [0.5, 0.6) is 5.75 Å². The first-order chi connectivity index (χ1) is 22.5. The van der Waals surface area contributed by atoms with E-state index in [1.807, 2.05) is 0 Å². The number of H-pyrrole nitrogens is 1. The van der Waals surface area contributed by atoms with Crippen molar-refractivity contribution >= 4 is 85.7 Å². The molecule has 6 rings (SSSR count). The maximum absolute atomic E-state index is 12.6. The van der Waals surface area contributed by atoms with Gasteiger partial charge in [-0.25, -0.2) is 25.3 Å². The fraction of sp³-hybridized carbons (Fsp3) is 0. The molecule has 6 aromatic rings. The van der Waals surface area contributed by atoms with E-state index in [2.05, 4.69) is 30.4 Å². The Bertz CT molecular complexity index is 2820. The average Bonchev–Trinajstić information content (AvgIpc) is 3.01. The number of hydrogen-bond acceptors (Lipinski definition) is 16. The van der Waals surface area contributed by atoms with Gasteiger partial charge in [-0.05, 0) is 60.7 Å². The van der Waals surface area contributed by atoms with Crippen LogP contribution in [-0.2, 0) is 30.4 Å². The van der Waals surface area contributed by atoms with Gasteiger partial charge in [0.15, 0.2) is 11.4 Å². The number of benzene rings is 4. The number of aromatic hydroxyl groups is 1. The summed E-state index contributed by atoms with van der Waals surface area (Å²) < 4.78 is 106. The third-order valence-corrected chi connectivity index (χ3v) is 9.52. The molecule has 2 aromatic heterocycles. The first-order valence-corrected chi connectivity index (χ1v) is 17.3. The maximum Gasteiger partial charge on any atom is 1.00 e. The Kier molecular flexibility index (Phi) is 12.7. The van der Waals surface area contributed by atoms with E-state index in [4.69, 9.17) is 0 Å². The van der Waals surface area contributed by atoms with Crippen LogP contribution < -0.4 is 62.1 Å². The zero-order valence-corrected chi connectivity index (χ0v) is 28.9. The summed E-state index contributed by atoms with van der Waals surface area (Å²) in [5.41, 5.74) is -1.35. The molecule has 244 valence electrons. The van der Waals surface area contributed by atoms with Crippen molar-refractivity contribution in [1.29, 1.82) is 0 Å². The molecule has 0 aliphatic rings. The normalized spacial score (nSPS) is 12.2. The van der Waals surface area contributed by atoms with E-state index in [9.17, 15) is 48.8 Å². The van der Waals surface area contributed by atoms with Crippen molar-refractivity contribution in [3.05, 3.63) is 89.3 Å². The van der Waals surface area contributed by atoms with Crippen molar-refractivity contribution in [3.63, 3.8) is 0 Å². The Morgan fingerprint density at radius 2 is 1.27 bits per heavy atom.